The van der Waals surface area contributed by atoms with Crippen molar-refractivity contribution >= 4 is 45.3 Å². The molecule has 0 aliphatic carbocycles. The molecular weight excluding hydrogens is 754 g/mol. The van der Waals surface area contributed by atoms with Gasteiger partial charge in [-0.25, -0.2) is 0 Å². The summed E-state index contributed by atoms with van der Waals surface area (Å²) in [7, 11) is 0. The van der Waals surface area contributed by atoms with Gasteiger partial charge >= 0.3 is 21.7 Å². The Morgan fingerprint density at radius 2 is 0.745 bits per heavy atom. The average Bonchev–Trinajstić information content (AvgIpc) is 3.03. The fourth-order valence-electron chi connectivity index (χ4n) is 5.46. The Bertz CT molecular complexity index is 1910. The van der Waals surface area contributed by atoms with Crippen molar-refractivity contribution in [3.63, 3.8) is 0 Å². The second-order valence-electron chi connectivity index (χ2n) is 13.5. The van der Waals surface area contributed by atoms with Gasteiger partial charge in [0.15, 0.2) is 0 Å². The van der Waals surface area contributed by atoms with E-state index in [1.54, 1.807) is 12.4 Å². The van der Waals surface area contributed by atoms with Crippen LogP contribution in [-0.2, 0) is 32.5 Å². The Balaban J connectivity index is 0.000000893. The van der Waals surface area contributed by atoms with Gasteiger partial charge in [0.2, 0.25) is 0 Å². The summed E-state index contributed by atoms with van der Waals surface area (Å²) in [4.78, 5) is 9.21. The van der Waals surface area contributed by atoms with Crippen LogP contribution in [0.5, 0.6) is 11.5 Å². The molecule has 2 N–H and O–H groups in total. The molecule has 0 amide bonds. The van der Waals surface area contributed by atoms with E-state index in [1.807, 2.05) is 84.9 Å². The van der Waals surface area contributed by atoms with E-state index in [2.05, 4.69) is 87.9 Å². The Hall–Kier alpha value is -3.35. The van der Waals surface area contributed by atoms with Gasteiger partial charge in [0.1, 0.15) is 11.5 Å². The van der Waals surface area contributed by atoms with Crippen molar-refractivity contribution in [1.29, 1.82) is 0 Å². The third-order valence-electron chi connectivity index (χ3n) is 7.97. The summed E-state index contributed by atoms with van der Waals surface area (Å²) in [6.45, 7) is 12.5. The first kappa shape index (κ1) is 47.7. The number of para-hydroxylation sites is 2. The summed E-state index contributed by atoms with van der Waals surface area (Å²) in [5, 5.41) is 25.6. The minimum absolute atomic E-state index is 0. The fourth-order valence-corrected chi connectivity index (χ4v) is 5.46. The molecule has 0 saturated heterocycles. The molecule has 9 heteroatoms. The molecule has 0 aliphatic rings. The van der Waals surface area contributed by atoms with Crippen LogP contribution in [0.1, 0.15) is 63.8 Å². The third-order valence-corrected chi connectivity index (χ3v) is 7.97. The first-order valence-corrected chi connectivity index (χ1v) is 15.6. The monoisotopic (exact) mass is 794 g/mol. The van der Waals surface area contributed by atoms with Gasteiger partial charge in [-0.1, -0.05) is 139 Å². The second kappa shape index (κ2) is 20.6. The van der Waals surface area contributed by atoms with Gasteiger partial charge in [-0.3, -0.25) is 9.98 Å². The molecule has 51 heavy (non-hydrogen) atoms. The largest absolute Gasteiger partial charge is 4.00 e. The number of halogens is 4. The number of benzene rings is 6. The Morgan fingerprint density at radius 3 is 1.10 bits per heavy atom. The minimum atomic E-state index is -0.104. The number of hydrogen-bond donors (Lipinski definition) is 2. The molecule has 0 aromatic heterocycles. The topological polar surface area (TPSA) is 65.2 Å². The van der Waals surface area contributed by atoms with Crippen LogP contribution >= 0.6 is 0 Å². The maximum absolute atomic E-state index is 10.5. The Kier molecular flexibility index (Phi) is 19.3. The van der Waals surface area contributed by atoms with Crippen molar-refractivity contribution in [2.24, 2.45) is 9.98 Å². The summed E-state index contributed by atoms with van der Waals surface area (Å²) >= 11 is 0. The van der Waals surface area contributed by atoms with E-state index >= 15 is 0 Å². The molecule has 0 spiro atoms. The molecule has 4 nitrogen and oxygen atoms in total. The number of phenols is 2. The van der Waals surface area contributed by atoms with Crippen LogP contribution in [0.15, 0.2) is 131 Å². The third kappa shape index (κ3) is 11.8. The molecule has 0 fully saturated rings. The van der Waals surface area contributed by atoms with Gasteiger partial charge < -0.3 is 59.8 Å². The number of rotatable bonds is 4. The number of phenolic OH excluding ortho intramolecular Hbond substituents is 2. The van der Waals surface area contributed by atoms with Gasteiger partial charge in [-0.05, 0) is 57.0 Å². The van der Waals surface area contributed by atoms with E-state index in [0.717, 1.165) is 55.2 Å². The van der Waals surface area contributed by atoms with Crippen LogP contribution in [0.3, 0.4) is 0 Å². The summed E-state index contributed by atoms with van der Waals surface area (Å²) in [6.07, 6.45) is 3.48. The number of nitrogens with zero attached hydrogens (tertiary/aromatic N) is 2. The standard InChI is InChI=1S/2C21H21NO.4ClH.Ti/c2*1-21(2,3)18-12-6-10-16(20(18)23)14-22-19-13-7-9-15-8-4-5-11-17(15)19;;;;;/h2*4-14,23H,1-3H3;4*1H;/q;;;;;;+4/p-4. The van der Waals surface area contributed by atoms with Gasteiger partial charge in [0.05, 0.1) is 11.4 Å². The van der Waals surface area contributed by atoms with Crippen LogP contribution in [-0.4, -0.2) is 22.6 Å². The number of aromatic hydroxyl groups is 2. The number of fused-ring (bicyclic) bond motifs is 2. The molecule has 0 unspecified atom stereocenters. The van der Waals surface area contributed by atoms with Gasteiger partial charge in [-0.15, -0.1) is 0 Å². The maximum atomic E-state index is 10.5. The zero-order valence-electron chi connectivity index (χ0n) is 29.5. The van der Waals surface area contributed by atoms with E-state index < -0.39 is 0 Å². The zero-order valence-corrected chi connectivity index (χ0v) is 34.1. The molecule has 0 heterocycles. The zero-order chi connectivity index (χ0) is 32.9. The van der Waals surface area contributed by atoms with Crippen LogP contribution in [0.25, 0.3) is 21.5 Å². The molecule has 264 valence electrons. The predicted octanol–water partition coefficient (Wildman–Crippen LogP) is -0.799. The molecule has 0 saturated carbocycles. The molecule has 0 aliphatic heterocycles. The summed E-state index contributed by atoms with van der Waals surface area (Å²) < 4.78 is 0. The number of aliphatic imine (C=N–C) groups is 2. The smallest absolute Gasteiger partial charge is 1.00 e. The molecule has 0 bridgehead atoms. The van der Waals surface area contributed by atoms with Crippen molar-refractivity contribution in [3.05, 3.63) is 144 Å². The van der Waals surface area contributed by atoms with Crippen LogP contribution in [0, 0.1) is 0 Å². The first-order valence-electron chi connectivity index (χ1n) is 15.6. The van der Waals surface area contributed by atoms with Gasteiger partial charge in [0, 0.05) is 34.3 Å². The number of hydrogen-bond acceptors (Lipinski definition) is 4. The van der Waals surface area contributed by atoms with Crippen molar-refractivity contribution < 1.29 is 81.6 Å². The average molecular weight is 796 g/mol. The van der Waals surface area contributed by atoms with Crippen LogP contribution in [0.2, 0.25) is 0 Å². The maximum Gasteiger partial charge on any atom is 4.00 e. The summed E-state index contributed by atoms with van der Waals surface area (Å²) in [6, 6.07) is 40.1. The Morgan fingerprint density at radius 1 is 0.431 bits per heavy atom. The van der Waals surface area contributed by atoms with Crippen molar-refractivity contribution in [1.82, 2.24) is 0 Å². The van der Waals surface area contributed by atoms with Crippen molar-refractivity contribution in [3.8, 4) is 11.5 Å². The quantitative estimate of drug-likeness (QED) is 0.182. The van der Waals surface area contributed by atoms with Crippen molar-refractivity contribution in [2.45, 2.75) is 52.4 Å². The van der Waals surface area contributed by atoms with E-state index in [4.69, 9.17) is 0 Å². The molecule has 0 radical (unpaired) electrons. The van der Waals surface area contributed by atoms with Crippen LogP contribution < -0.4 is 49.6 Å². The van der Waals surface area contributed by atoms with Crippen molar-refractivity contribution in [2.75, 3.05) is 0 Å². The molecule has 6 aromatic rings. The Labute approximate surface area is 342 Å². The van der Waals surface area contributed by atoms with Crippen LogP contribution in [0.4, 0.5) is 11.4 Å². The molecule has 0 atom stereocenters. The minimum Gasteiger partial charge on any atom is -1.00 e. The van der Waals surface area contributed by atoms with E-state index in [0.29, 0.717) is 11.5 Å². The molecular formula is C42H42Cl4N2O2Ti. The molecule has 6 aromatic carbocycles. The fraction of sp³-hybridized carbons (Fsp3) is 0.190. The van der Waals surface area contributed by atoms with Gasteiger partial charge in [-0.2, -0.15) is 0 Å². The second-order valence-corrected chi connectivity index (χ2v) is 13.5. The van der Waals surface area contributed by atoms with E-state index in [9.17, 15) is 10.2 Å². The first-order chi connectivity index (χ1) is 21.9. The molecule has 6 rings (SSSR count). The van der Waals surface area contributed by atoms with E-state index in [1.165, 1.54) is 0 Å². The van der Waals surface area contributed by atoms with E-state index in [-0.39, 0.29) is 82.2 Å². The summed E-state index contributed by atoms with van der Waals surface area (Å²) in [5.74, 6) is 0.618. The SMILES string of the molecule is CC(C)(C)c1cccc(C=Nc2cccc3ccccc23)c1O.CC(C)(C)c1cccc(C=Nc2cccc3ccccc23)c1O.[Cl-].[Cl-].[Cl-].[Cl-].[Ti+4]. The predicted molar refractivity (Wildman–Crippen MR) is 196 cm³/mol. The van der Waals surface area contributed by atoms with Gasteiger partial charge in [0.25, 0.3) is 0 Å². The normalized spacial score (nSPS) is 10.9. The summed E-state index contributed by atoms with van der Waals surface area (Å²) in [5.41, 5.74) is 4.95.